The first-order valence-electron chi connectivity index (χ1n) is 7.26. The Hall–Kier alpha value is -2.48. The van der Waals surface area contributed by atoms with Crippen LogP contribution < -0.4 is 4.74 Å². The summed E-state index contributed by atoms with van der Waals surface area (Å²) in [6.45, 7) is 0.333. The van der Waals surface area contributed by atoms with Crippen molar-refractivity contribution in [3.63, 3.8) is 0 Å². The van der Waals surface area contributed by atoms with Crippen LogP contribution in [0.15, 0.2) is 53.4 Å². The van der Waals surface area contributed by atoms with E-state index in [0.717, 1.165) is 17.7 Å². The number of hydrogen-bond donors (Lipinski definition) is 0. The number of hydrogen-bond acceptors (Lipinski definition) is 4. The van der Waals surface area contributed by atoms with Crippen LogP contribution in [0.4, 0.5) is 8.78 Å². The molecule has 0 N–H and O–H groups in total. The summed E-state index contributed by atoms with van der Waals surface area (Å²) in [5.74, 6) is -3.14. The fourth-order valence-electron chi connectivity index (χ4n) is 2.19. The van der Waals surface area contributed by atoms with Crippen molar-refractivity contribution in [3.05, 3.63) is 59.7 Å². The molecule has 25 heavy (non-hydrogen) atoms. The minimum Gasteiger partial charge on any atom is -0.497 e. The second kappa shape index (κ2) is 7.60. The second-order valence-electron chi connectivity index (χ2n) is 5.34. The lowest BCUT2D eigenvalue weighted by molar-refractivity contribution is 0.0785. The van der Waals surface area contributed by atoms with Gasteiger partial charge in [0, 0.05) is 19.2 Å². The first-order valence-corrected chi connectivity index (χ1v) is 8.81. The number of methoxy groups -OCH3 is 1. The van der Waals surface area contributed by atoms with E-state index >= 15 is 0 Å². The number of halogens is 2. The topological polar surface area (TPSA) is 63.7 Å². The van der Waals surface area contributed by atoms with Crippen LogP contribution >= 0.6 is 0 Å². The maximum absolute atomic E-state index is 12.5. The Balaban J connectivity index is 2.11. The van der Waals surface area contributed by atoms with Crippen molar-refractivity contribution in [2.75, 3.05) is 14.2 Å². The third-order valence-corrected chi connectivity index (χ3v) is 4.99. The Morgan fingerprint density at radius 3 is 2.12 bits per heavy atom. The third-order valence-electron chi connectivity index (χ3n) is 3.59. The van der Waals surface area contributed by atoms with Gasteiger partial charge in [0.1, 0.15) is 5.75 Å². The van der Waals surface area contributed by atoms with E-state index in [1.54, 1.807) is 26.3 Å². The lowest BCUT2D eigenvalue weighted by atomic mass is 10.1. The molecule has 134 valence electrons. The molecule has 0 bridgehead atoms. The van der Waals surface area contributed by atoms with Crippen LogP contribution in [0, 0.1) is 0 Å². The largest absolute Gasteiger partial charge is 0.497 e. The van der Waals surface area contributed by atoms with Crippen LogP contribution in [0.2, 0.25) is 0 Å². The summed E-state index contributed by atoms with van der Waals surface area (Å²) < 4.78 is 52.9. The quantitative estimate of drug-likeness (QED) is 0.785. The normalized spacial score (nSPS) is 11.4. The minimum atomic E-state index is -4.66. The minimum absolute atomic E-state index is 0.212. The number of sulfone groups is 1. The number of amides is 1. The number of carbonyl (C=O) groups excluding carboxylic acids is 1. The average Bonchev–Trinajstić information content (AvgIpc) is 2.61. The van der Waals surface area contributed by atoms with Crippen molar-refractivity contribution in [3.8, 4) is 5.75 Å². The van der Waals surface area contributed by atoms with Crippen LogP contribution in [0.1, 0.15) is 15.9 Å². The van der Waals surface area contributed by atoms with Gasteiger partial charge in [-0.05, 0) is 42.0 Å². The number of rotatable bonds is 6. The smallest absolute Gasteiger partial charge is 0.341 e. The zero-order valence-corrected chi connectivity index (χ0v) is 14.5. The molecular formula is C17H17F2NO4S. The highest BCUT2D eigenvalue weighted by atomic mass is 32.2. The number of ether oxygens (including phenoxy) is 1. The van der Waals surface area contributed by atoms with Gasteiger partial charge in [-0.15, -0.1) is 0 Å². The van der Waals surface area contributed by atoms with E-state index in [0.29, 0.717) is 12.3 Å². The van der Waals surface area contributed by atoms with Crippen molar-refractivity contribution in [2.24, 2.45) is 0 Å². The van der Waals surface area contributed by atoms with E-state index in [9.17, 15) is 22.0 Å². The lowest BCUT2D eigenvalue weighted by Crippen LogP contribution is -2.26. The molecule has 2 aromatic carbocycles. The summed E-state index contributed by atoms with van der Waals surface area (Å²) in [4.78, 5) is 13.3. The van der Waals surface area contributed by atoms with E-state index < -0.39 is 20.5 Å². The van der Waals surface area contributed by atoms with Gasteiger partial charge in [-0.2, -0.15) is 8.78 Å². The zero-order valence-electron chi connectivity index (χ0n) is 13.6. The van der Waals surface area contributed by atoms with E-state index in [2.05, 4.69) is 0 Å². The molecule has 2 rings (SSSR count). The van der Waals surface area contributed by atoms with Gasteiger partial charge in [-0.3, -0.25) is 4.79 Å². The molecule has 8 heteroatoms. The Morgan fingerprint density at radius 2 is 1.64 bits per heavy atom. The Labute approximate surface area is 144 Å². The summed E-state index contributed by atoms with van der Waals surface area (Å²) in [5.41, 5.74) is 1.10. The van der Waals surface area contributed by atoms with Gasteiger partial charge < -0.3 is 9.64 Å². The molecule has 0 saturated heterocycles. The lowest BCUT2D eigenvalue weighted by Gasteiger charge is -2.17. The van der Waals surface area contributed by atoms with E-state index in [1.165, 1.54) is 17.0 Å². The van der Waals surface area contributed by atoms with Crippen LogP contribution in [0.5, 0.6) is 5.75 Å². The van der Waals surface area contributed by atoms with Crippen molar-refractivity contribution in [1.82, 2.24) is 4.90 Å². The highest BCUT2D eigenvalue weighted by Crippen LogP contribution is 2.19. The molecule has 0 aromatic heterocycles. The predicted molar refractivity (Wildman–Crippen MR) is 88.4 cm³/mol. The maximum atomic E-state index is 12.5. The molecule has 0 spiro atoms. The average molecular weight is 369 g/mol. The first kappa shape index (κ1) is 18.9. The third kappa shape index (κ3) is 4.33. The second-order valence-corrected chi connectivity index (χ2v) is 7.26. The molecule has 0 unspecified atom stereocenters. The molecule has 2 aromatic rings. The fraction of sp³-hybridized carbons (Fsp3) is 0.235. The summed E-state index contributed by atoms with van der Waals surface area (Å²) in [7, 11) is -1.51. The molecule has 0 radical (unpaired) electrons. The molecule has 1 amide bonds. The number of benzene rings is 2. The Bertz CT molecular complexity index is 834. The number of nitrogens with zero attached hydrogens (tertiary/aromatic N) is 1. The van der Waals surface area contributed by atoms with Gasteiger partial charge in [0.2, 0.25) is 9.84 Å². The predicted octanol–water partition coefficient (Wildman–Crippen LogP) is 2.96. The van der Waals surface area contributed by atoms with Crippen LogP contribution in [-0.4, -0.2) is 39.1 Å². The molecule has 5 nitrogen and oxygen atoms in total. The molecule has 0 saturated carbocycles. The molecule has 0 aliphatic rings. The van der Waals surface area contributed by atoms with Gasteiger partial charge in [-0.1, -0.05) is 12.1 Å². The van der Waals surface area contributed by atoms with Gasteiger partial charge >= 0.3 is 5.76 Å². The van der Waals surface area contributed by atoms with Gasteiger partial charge in [0.05, 0.1) is 12.0 Å². The van der Waals surface area contributed by atoms with E-state index in [-0.39, 0.29) is 11.5 Å². The van der Waals surface area contributed by atoms with Crippen molar-refractivity contribution in [1.29, 1.82) is 0 Å². The fourth-order valence-corrected chi connectivity index (χ4v) is 2.91. The summed E-state index contributed by atoms with van der Waals surface area (Å²) in [6.07, 6.45) is 0. The SMILES string of the molecule is COc1ccc(CN(C)C(=O)c2ccc(S(=O)(=O)C(F)F)cc2)cc1. The van der Waals surface area contributed by atoms with E-state index in [1.807, 2.05) is 12.1 Å². The zero-order chi connectivity index (χ0) is 18.6. The highest BCUT2D eigenvalue weighted by molar-refractivity contribution is 7.91. The first-order chi connectivity index (χ1) is 11.8. The van der Waals surface area contributed by atoms with Gasteiger partial charge in [0.15, 0.2) is 0 Å². The summed E-state index contributed by atoms with van der Waals surface area (Å²) >= 11 is 0. The van der Waals surface area contributed by atoms with Gasteiger partial charge in [-0.25, -0.2) is 8.42 Å². The summed E-state index contributed by atoms with van der Waals surface area (Å²) in [6, 6.07) is 11.7. The Kier molecular flexibility index (Phi) is 5.73. The molecule has 0 atom stereocenters. The van der Waals surface area contributed by atoms with Crippen molar-refractivity contribution in [2.45, 2.75) is 17.2 Å². The molecule has 0 heterocycles. The highest BCUT2D eigenvalue weighted by Gasteiger charge is 2.26. The van der Waals surface area contributed by atoms with Crippen LogP contribution in [0.3, 0.4) is 0 Å². The van der Waals surface area contributed by atoms with Crippen molar-refractivity contribution < 1.29 is 26.7 Å². The van der Waals surface area contributed by atoms with E-state index in [4.69, 9.17) is 4.74 Å². The van der Waals surface area contributed by atoms with Crippen LogP contribution in [0.25, 0.3) is 0 Å². The van der Waals surface area contributed by atoms with Crippen molar-refractivity contribution >= 4 is 15.7 Å². The summed E-state index contributed by atoms with van der Waals surface area (Å²) in [5, 5.41) is 0. The maximum Gasteiger partial charge on any atom is 0.341 e. The number of alkyl halides is 2. The Morgan fingerprint density at radius 1 is 1.08 bits per heavy atom. The van der Waals surface area contributed by atoms with Crippen LogP contribution in [-0.2, 0) is 16.4 Å². The monoisotopic (exact) mass is 369 g/mol. The molecule has 0 aliphatic carbocycles. The van der Waals surface area contributed by atoms with Gasteiger partial charge in [0.25, 0.3) is 5.91 Å². The molecular weight excluding hydrogens is 352 g/mol. The standard InChI is InChI=1S/C17H17F2NO4S/c1-20(11-12-3-7-14(24-2)8-4-12)16(21)13-5-9-15(10-6-13)25(22,23)17(18)19/h3-10,17H,11H2,1-2H3. The molecule has 0 aliphatic heterocycles. The molecule has 0 fully saturated rings. The number of carbonyl (C=O) groups is 1.